The number of fused-ring (bicyclic) bond motifs is 1. The molecule has 0 saturated carbocycles. The van der Waals surface area contributed by atoms with E-state index in [9.17, 15) is 13.2 Å². The maximum absolute atomic E-state index is 12.5. The van der Waals surface area contributed by atoms with Gasteiger partial charge in [0, 0.05) is 24.0 Å². The van der Waals surface area contributed by atoms with E-state index in [0.717, 1.165) is 0 Å². The minimum Gasteiger partial charge on any atom is -0.331 e. The number of terminal acetylenes is 1. The number of amidine groups is 1. The fourth-order valence-electron chi connectivity index (χ4n) is 2.28. The molecule has 2 heterocycles. The fraction of sp³-hybridized carbons (Fsp3) is 0.125. The van der Waals surface area contributed by atoms with Crippen LogP contribution in [0.1, 0.15) is 5.56 Å². The molecule has 2 aliphatic rings. The van der Waals surface area contributed by atoms with Gasteiger partial charge >= 0.3 is 0 Å². The molecule has 0 aromatic heterocycles. The van der Waals surface area contributed by atoms with Crippen LogP contribution in [0.15, 0.2) is 52.6 Å². The molecule has 1 aromatic rings. The Morgan fingerprint density at radius 1 is 1.39 bits per heavy atom. The Morgan fingerprint density at radius 2 is 2.22 bits per heavy atom. The van der Waals surface area contributed by atoms with Crippen molar-refractivity contribution in [1.29, 1.82) is 0 Å². The first-order valence-electron chi connectivity index (χ1n) is 6.85. The van der Waals surface area contributed by atoms with Crippen LogP contribution in [0.25, 0.3) is 0 Å². The summed E-state index contributed by atoms with van der Waals surface area (Å²) in [5.74, 6) is 2.12. The molecule has 0 fully saturated rings. The highest BCUT2D eigenvalue weighted by atomic mass is 32.2. The number of sulfonamides is 1. The summed E-state index contributed by atoms with van der Waals surface area (Å²) >= 11 is 0. The van der Waals surface area contributed by atoms with Crippen molar-refractivity contribution >= 4 is 27.5 Å². The summed E-state index contributed by atoms with van der Waals surface area (Å²) in [7, 11) is -3.54. The number of nitrogens with one attached hydrogen (secondary N) is 1. The van der Waals surface area contributed by atoms with Gasteiger partial charge in [-0.3, -0.25) is 4.79 Å². The SMILES string of the molecule is C#Cc1cccc(NC(=O)C2=CC=CN3CCS(=O)(=O)N=C23)c1. The average Bonchev–Trinajstić information content (AvgIpc) is 2.53. The number of rotatable bonds is 2. The van der Waals surface area contributed by atoms with E-state index in [0.29, 0.717) is 11.3 Å². The third-order valence-corrected chi connectivity index (χ3v) is 4.54. The summed E-state index contributed by atoms with van der Waals surface area (Å²) in [5, 5.41) is 2.71. The van der Waals surface area contributed by atoms with E-state index in [2.05, 4.69) is 15.6 Å². The lowest BCUT2D eigenvalue weighted by Gasteiger charge is -2.28. The second kappa shape index (κ2) is 5.74. The van der Waals surface area contributed by atoms with Crippen molar-refractivity contribution in [2.75, 3.05) is 17.6 Å². The average molecular weight is 327 g/mol. The maximum atomic E-state index is 12.5. The molecule has 3 rings (SSSR count). The Morgan fingerprint density at radius 3 is 3.00 bits per heavy atom. The van der Waals surface area contributed by atoms with Crippen LogP contribution in [-0.2, 0) is 14.8 Å². The lowest BCUT2D eigenvalue weighted by atomic mass is 10.1. The fourth-order valence-corrected chi connectivity index (χ4v) is 3.26. The van der Waals surface area contributed by atoms with Gasteiger partial charge < -0.3 is 10.2 Å². The molecule has 0 aliphatic carbocycles. The van der Waals surface area contributed by atoms with Gasteiger partial charge in [-0.1, -0.05) is 12.0 Å². The maximum Gasteiger partial charge on any atom is 0.259 e. The molecule has 116 valence electrons. The summed E-state index contributed by atoms with van der Waals surface area (Å²) in [6.45, 7) is 0.273. The number of amides is 1. The number of nitrogens with zero attached hydrogens (tertiary/aromatic N) is 2. The van der Waals surface area contributed by atoms with Crippen LogP contribution in [-0.4, -0.2) is 37.4 Å². The van der Waals surface area contributed by atoms with E-state index in [1.165, 1.54) is 6.08 Å². The molecule has 23 heavy (non-hydrogen) atoms. The Kier molecular flexibility index (Phi) is 3.76. The molecule has 6 nitrogen and oxygen atoms in total. The van der Waals surface area contributed by atoms with Crippen molar-refractivity contribution in [3.05, 3.63) is 53.8 Å². The molecule has 0 unspecified atom stereocenters. The van der Waals surface area contributed by atoms with Gasteiger partial charge in [-0.05, 0) is 30.4 Å². The number of hydrogen-bond donors (Lipinski definition) is 1. The molecule has 0 radical (unpaired) electrons. The van der Waals surface area contributed by atoms with Gasteiger partial charge in [0.25, 0.3) is 15.9 Å². The number of anilines is 1. The summed E-state index contributed by atoms with van der Waals surface area (Å²) < 4.78 is 27.1. The van der Waals surface area contributed by atoms with Crippen molar-refractivity contribution in [3.63, 3.8) is 0 Å². The van der Waals surface area contributed by atoms with Crippen LogP contribution in [0, 0.1) is 12.3 Å². The molecule has 1 aromatic carbocycles. The normalized spacial score (nSPS) is 18.3. The van der Waals surface area contributed by atoms with Gasteiger partial charge in [0.15, 0.2) is 5.84 Å². The highest BCUT2D eigenvalue weighted by Gasteiger charge is 2.29. The smallest absolute Gasteiger partial charge is 0.259 e. The molecule has 0 atom stereocenters. The van der Waals surface area contributed by atoms with E-state index in [1.54, 1.807) is 41.4 Å². The Bertz CT molecular complexity index is 905. The zero-order valence-electron chi connectivity index (χ0n) is 12.1. The van der Waals surface area contributed by atoms with Crippen molar-refractivity contribution in [2.24, 2.45) is 4.40 Å². The summed E-state index contributed by atoms with van der Waals surface area (Å²) in [6, 6.07) is 6.84. The van der Waals surface area contributed by atoms with Gasteiger partial charge in [-0.25, -0.2) is 8.42 Å². The largest absolute Gasteiger partial charge is 0.331 e. The van der Waals surface area contributed by atoms with Crippen LogP contribution >= 0.6 is 0 Å². The quantitative estimate of drug-likeness (QED) is 0.825. The predicted molar refractivity (Wildman–Crippen MR) is 88.2 cm³/mol. The minimum atomic E-state index is -3.54. The summed E-state index contributed by atoms with van der Waals surface area (Å²) in [5.41, 5.74) is 1.37. The molecular weight excluding hydrogens is 314 g/mol. The molecule has 0 spiro atoms. The molecule has 0 bridgehead atoms. The van der Waals surface area contributed by atoms with Gasteiger partial charge in [-0.15, -0.1) is 10.8 Å². The van der Waals surface area contributed by atoms with E-state index >= 15 is 0 Å². The van der Waals surface area contributed by atoms with Crippen molar-refractivity contribution < 1.29 is 13.2 Å². The highest BCUT2D eigenvalue weighted by molar-refractivity contribution is 7.90. The van der Waals surface area contributed by atoms with E-state index in [1.807, 2.05) is 0 Å². The highest BCUT2D eigenvalue weighted by Crippen LogP contribution is 2.19. The third kappa shape index (κ3) is 3.17. The Balaban J connectivity index is 1.89. The van der Waals surface area contributed by atoms with E-state index in [-0.39, 0.29) is 23.7 Å². The summed E-state index contributed by atoms with van der Waals surface area (Å²) in [6.07, 6.45) is 10.3. The zero-order chi connectivity index (χ0) is 16.4. The minimum absolute atomic E-state index is 0.0695. The Labute approximate surface area is 134 Å². The molecule has 2 aliphatic heterocycles. The Hall–Kier alpha value is -2.85. The first-order chi connectivity index (χ1) is 11.0. The zero-order valence-corrected chi connectivity index (χ0v) is 12.9. The first kappa shape index (κ1) is 15.1. The van der Waals surface area contributed by atoms with E-state index < -0.39 is 15.9 Å². The number of carbonyl (C=O) groups is 1. The van der Waals surface area contributed by atoms with Crippen molar-refractivity contribution in [3.8, 4) is 12.3 Å². The second-order valence-electron chi connectivity index (χ2n) is 5.00. The molecule has 1 N–H and O–H groups in total. The van der Waals surface area contributed by atoms with Gasteiger partial charge in [-0.2, -0.15) is 0 Å². The van der Waals surface area contributed by atoms with Crippen molar-refractivity contribution in [1.82, 2.24) is 4.90 Å². The number of allylic oxidation sites excluding steroid dienone is 2. The third-order valence-electron chi connectivity index (χ3n) is 3.39. The molecule has 0 saturated heterocycles. The number of hydrogen-bond acceptors (Lipinski definition) is 4. The van der Waals surface area contributed by atoms with Gasteiger partial charge in [0.05, 0.1) is 11.3 Å². The van der Waals surface area contributed by atoms with Crippen LogP contribution in [0.5, 0.6) is 0 Å². The number of benzene rings is 1. The molecule has 1 amide bonds. The first-order valence-corrected chi connectivity index (χ1v) is 8.45. The van der Waals surface area contributed by atoms with Gasteiger partial charge in [0.1, 0.15) is 0 Å². The summed E-state index contributed by atoms with van der Waals surface area (Å²) in [4.78, 5) is 14.1. The standard InChI is InChI=1S/C16H13N3O3S/c1-2-12-5-3-6-13(11-12)17-16(20)14-7-4-8-19-9-10-23(21,22)18-15(14)19/h1,3-8,11H,9-10H2,(H,17,20). The van der Waals surface area contributed by atoms with Crippen LogP contribution in [0.3, 0.4) is 0 Å². The second-order valence-corrected chi connectivity index (χ2v) is 6.75. The van der Waals surface area contributed by atoms with Crippen LogP contribution in [0.2, 0.25) is 0 Å². The predicted octanol–water partition coefficient (Wildman–Crippen LogP) is 1.10. The number of carbonyl (C=O) groups excluding carboxylic acids is 1. The lowest BCUT2D eigenvalue weighted by Crippen LogP contribution is -2.40. The monoisotopic (exact) mass is 327 g/mol. The van der Waals surface area contributed by atoms with Crippen LogP contribution < -0.4 is 5.32 Å². The van der Waals surface area contributed by atoms with E-state index in [4.69, 9.17) is 6.42 Å². The molecular formula is C16H13N3O3S. The molecule has 7 heteroatoms. The van der Waals surface area contributed by atoms with Crippen LogP contribution in [0.4, 0.5) is 5.69 Å². The van der Waals surface area contributed by atoms with Gasteiger partial charge in [0.2, 0.25) is 0 Å². The topological polar surface area (TPSA) is 78.8 Å². The lowest BCUT2D eigenvalue weighted by molar-refractivity contribution is -0.112. The van der Waals surface area contributed by atoms with Crippen molar-refractivity contribution in [2.45, 2.75) is 0 Å².